The molecule has 0 spiro atoms. The lowest BCUT2D eigenvalue weighted by Gasteiger charge is -2.39. The monoisotopic (exact) mass is 383 g/mol. The Labute approximate surface area is 165 Å². The highest BCUT2D eigenvalue weighted by atomic mass is 16.5. The summed E-state index contributed by atoms with van der Waals surface area (Å²) in [5, 5.41) is 0. The Morgan fingerprint density at radius 3 is 2.71 bits per heavy atom. The second-order valence-corrected chi connectivity index (χ2v) is 8.59. The first-order chi connectivity index (χ1) is 13.5. The van der Waals surface area contributed by atoms with E-state index in [1.807, 2.05) is 12.1 Å². The van der Waals surface area contributed by atoms with Gasteiger partial charge in [-0.05, 0) is 17.5 Å². The summed E-state index contributed by atoms with van der Waals surface area (Å²) in [7, 11) is 0. The van der Waals surface area contributed by atoms with Crippen molar-refractivity contribution in [1.29, 1.82) is 0 Å². The topological polar surface area (TPSA) is 74.3 Å². The van der Waals surface area contributed by atoms with E-state index in [-0.39, 0.29) is 11.0 Å². The Balaban J connectivity index is 1.45. The molecule has 0 amide bonds. The van der Waals surface area contributed by atoms with Crippen molar-refractivity contribution >= 4 is 0 Å². The minimum atomic E-state index is -0.0282. The first-order valence-electron chi connectivity index (χ1n) is 10.1. The first-order valence-corrected chi connectivity index (χ1v) is 10.1. The maximum Gasteiger partial charge on any atom is 0.255 e. The molecule has 7 heteroatoms. The second-order valence-electron chi connectivity index (χ2n) is 8.59. The van der Waals surface area contributed by atoms with Crippen LogP contribution in [0.4, 0.5) is 0 Å². The van der Waals surface area contributed by atoms with Gasteiger partial charge in [-0.15, -0.1) is 0 Å². The molecule has 2 aromatic rings. The molecule has 4 heterocycles. The molecular weight excluding hydrogens is 354 g/mol. The SMILES string of the molecule is CC(C)(CN1CCOCC1)CN1CCc2nc(-c3cccnc3)[nH]c(=O)c2C1. The van der Waals surface area contributed by atoms with Crippen molar-refractivity contribution in [2.45, 2.75) is 26.8 Å². The molecule has 1 N–H and O–H groups in total. The van der Waals surface area contributed by atoms with Crippen molar-refractivity contribution in [3.8, 4) is 11.4 Å². The zero-order chi connectivity index (χ0) is 19.6. The first kappa shape index (κ1) is 19.2. The van der Waals surface area contributed by atoms with Gasteiger partial charge in [0.05, 0.1) is 24.5 Å². The maximum atomic E-state index is 12.7. The molecule has 2 aliphatic heterocycles. The zero-order valence-corrected chi connectivity index (χ0v) is 16.8. The molecule has 0 aliphatic carbocycles. The normalized spacial score (nSPS) is 18.8. The van der Waals surface area contributed by atoms with Gasteiger partial charge in [-0.2, -0.15) is 0 Å². The minimum Gasteiger partial charge on any atom is -0.379 e. The highest BCUT2D eigenvalue weighted by molar-refractivity contribution is 5.53. The molecule has 28 heavy (non-hydrogen) atoms. The molecule has 1 saturated heterocycles. The number of aromatic amines is 1. The lowest BCUT2D eigenvalue weighted by molar-refractivity contribution is 0.0141. The van der Waals surface area contributed by atoms with Gasteiger partial charge in [0, 0.05) is 63.6 Å². The van der Waals surface area contributed by atoms with Gasteiger partial charge in [-0.3, -0.25) is 19.6 Å². The van der Waals surface area contributed by atoms with Crippen LogP contribution in [0.1, 0.15) is 25.1 Å². The van der Waals surface area contributed by atoms with Crippen LogP contribution in [0.15, 0.2) is 29.3 Å². The Hall–Kier alpha value is -2.09. The minimum absolute atomic E-state index is 0.0282. The van der Waals surface area contributed by atoms with E-state index in [1.165, 1.54) is 0 Å². The second kappa shape index (κ2) is 8.11. The van der Waals surface area contributed by atoms with E-state index in [0.29, 0.717) is 12.4 Å². The van der Waals surface area contributed by atoms with Crippen LogP contribution in [-0.2, 0) is 17.7 Å². The van der Waals surface area contributed by atoms with Crippen molar-refractivity contribution in [3.05, 3.63) is 46.1 Å². The fraction of sp³-hybridized carbons (Fsp3) is 0.571. The quantitative estimate of drug-likeness (QED) is 0.844. The Morgan fingerprint density at radius 1 is 1.18 bits per heavy atom. The van der Waals surface area contributed by atoms with Crippen LogP contribution in [-0.4, -0.2) is 70.7 Å². The van der Waals surface area contributed by atoms with Crippen LogP contribution in [0.25, 0.3) is 11.4 Å². The molecule has 0 bridgehead atoms. The Morgan fingerprint density at radius 2 is 1.96 bits per heavy atom. The van der Waals surface area contributed by atoms with Gasteiger partial charge in [0.2, 0.25) is 0 Å². The lowest BCUT2D eigenvalue weighted by Crippen LogP contribution is -2.47. The van der Waals surface area contributed by atoms with Gasteiger partial charge in [0.25, 0.3) is 5.56 Å². The fourth-order valence-corrected chi connectivity index (χ4v) is 4.28. The van der Waals surface area contributed by atoms with Crippen LogP contribution in [0.2, 0.25) is 0 Å². The van der Waals surface area contributed by atoms with Crippen molar-refractivity contribution < 1.29 is 4.74 Å². The standard InChI is InChI=1S/C21H29N5O2/c1-21(2,14-25-8-10-28-11-9-25)15-26-7-5-18-17(13-26)20(27)24-19(23-18)16-4-3-6-22-12-16/h3-4,6,12H,5,7-11,13-15H2,1-2H3,(H,23,24,27). The van der Waals surface area contributed by atoms with Gasteiger partial charge >= 0.3 is 0 Å². The number of aromatic nitrogens is 3. The molecule has 4 rings (SSSR count). The van der Waals surface area contributed by atoms with E-state index in [0.717, 1.165) is 69.2 Å². The van der Waals surface area contributed by atoms with E-state index >= 15 is 0 Å². The molecule has 2 aliphatic rings. The average molecular weight is 383 g/mol. The molecule has 150 valence electrons. The Kier molecular flexibility index (Phi) is 5.57. The van der Waals surface area contributed by atoms with E-state index in [9.17, 15) is 4.79 Å². The van der Waals surface area contributed by atoms with Crippen LogP contribution in [0, 0.1) is 5.41 Å². The third-order valence-corrected chi connectivity index (χ3v) is 5.49. The molecule has 0 radical (unpaired) electrons. The van der Waals surface area contributed by atoms with Crippen LogP contribution < -0.4 is 5.56 Å². The van der Waals surface area contributed by atoms with E-state index in [4.69, 9.17) is 9.72 Å². The molecule has 0 aromatic carbocycles. The molecule has 2 aromatic heterocycles. The van der Waals surface area contributed by atoms with Crippen LogP contribution in [0.5, 0.6) is 0 Å². The summed E-state index contributed by atoms with van der Waals surface area (Å²) in [6.07, 6.45) is 4.25. The highest BCUT2D eigenvalue weighted by Gasteiger charge is 2.29. The van der Waals surface area contributed by atoms with Gasteiger partial charge < -0.3 is 9.72 Å². The summed E-state index contributed by atoms with van der Waals surface area (Å²) in [6, 6.07) is 3.77. The van der Waals surface area contributed by atoms with Gasteiger partial charge in [-0.25, -0.2) is 4.98 Å². The van der Waals surface area contributed by atoms with E-state index in [1.54, 1.807) is 12.4 Å². The highest BCUT2D eigenvalue weighted by Crippen LogP contribution is 2.24. The van der Waals surface area contributed by atoms with Crippen LogP contribution in [0.3, 0.4) is 0 Å². The smallest absolute Gasteiger partial charge is 0.255 e. The number of H-pyrrole nitrogens is 1. The zero-order valence-electron chi connectivity index (χ0n) is 16.8. The number of ether oxygens (including phenoxy) is 1. The number of morpholine rings is 1. The van der Waals surface area contributed by atoms with Gasteiger partial charge in [0.1, 0.15) is 5.82 Å². The molecule has 1 fully saturated rings. The summed E-state index contributed by atoms with van der Waals surface area (Å²) < 4.78 is 5.46. The summed E-state index contributed by atoms with van der Waals surface area (Å²) in [6.45, 7) is 11.9. The van der Waals surface area contributed by atoms with Crippen molar-refractivity contribution in [3.63, 3.8) is 0 Å². The number of hydrogen-bond acceptors (Lipinski definition) is 6. The summed E-state index contributed by atoms with van der Waals surface area (Å²) >= 11 is 0. The van der Waals surface area contributed by atoms with Gasteiger partial charge in [0.15, 0.2) is 0 Å². The number of fused-ring (bicyclic) bond motifs is 1. The van der Waals surface area contributed by atoms with Crippen molar-refractivity contribution in [2.24, 2.45) is 5.41 Å². The van der Waals surface area contributed by atoms with Crippen LogP contribution >= 0.6 is 0 Å². The predicted molar refractivity (Wildman–Crippen MR) is 108 cm³/mol. The molecule has 0 unspecified atom stereocenters. The number of rotatable bonds is 5. The van der Waals surface area contributed by atoms with Crippen molar-refractivity contribution in [1.82, 2.24) is 24.8 Å². The predicted octanol–water partition coefficient (Wildman–Crippen LogP) is 1.55. The summed E-state index contributed by atoms with van der Waals surface area (Å²) in [5.74, 6) is 0.609. The largest absolute Gasteiger partial charge is 0.379 e. The van der Waals surface area contributed by atoms with E-state index in [2.05, 4.69) is 33.6 Å². The lowest BCUT2D eigenvalue weighted by atomic mass is 9.90. The number of nitrogens with one attached hydrogen (secondary N) is 1. The number of hydrogen-bond donors (Lipinski definition) is 1. The molecule has 0 saturated carbocycles. The van der Waals surface area contributed by atoms with Crippen molar-refractivity contribution in [2.75, 3.05) is 45.9 Å². The molecular formula is C21H29N5O2. The third kappa shape index (κ3) is 4.48. The summed E-state index contributed by atoms with van der Waals surface area (Å²) in [4.78, 5) is 29.4. The average Bonchev–Trinajstić information content (AvgIpc) is 2.69. The molecule has 0 atom stereocenters. The summed E-state index contributed by atoms with van der Waals surface area (Å²) in [5.41, 5.74) is 2.70. The Bertz CT molecular complexity index is 859. The number of pyridine rings is 1. The van der Waals surface area contributed by atoms with E-state index < -0.39 is 0 Å². The fourth-order valence-electron chi connectivity index (χ4n) is 4.28. The molecule has 7 nitrogen and oxygen atoms in total. The number of nitrogens with zero attached hydrogens (tertiary/aromatic N) is 4. The maximum absolute atomic E-state index is 12.7. The van der Waals surface area contributed by atoms with Gasteiger partial charge in [-0.1, -0.05) is 13.8 Å². The third-order valence-electron chi connectivity index (χ3n) is 5.49.